The molecule has 0 saturated carbocycles. The summed E-state index contributed by atoms with van der Waals surface area (Å²) in [6, 6.07) is 12.9. The molecule has 0 N–H and O–H groups in total. The maximum absolute atomic E-state index is 13.4. The summed E-state index contributed by atoms with van der Waals surface area (Å²) in [7, 11) is -3.71. The minimum absolute atomic E-state index is 0.110. The number of morpholine rings is 1. The lowest BCUT2D eigenvalue weighted by molar-refractivity contribution is 0.0321. The smallest absolute Gasteiger partial charge is 0.243 e. The van der Waals surface area contributed by atoms with Crippen molar-refractivity contribution in [1.29, 1.82) is 0 Å². The van der Waals surface area contributed by atoms with Crippen molar-refractivity contribution < 1.29 is 17.5 Å². The van der Waals surface area contributed by atoms with Gasteiger partial charge in [0.15, 0.2) is 0 Å². The number of nitrogens with zero attached hydrogens (tertiary/aromatic N) is 1. The van der Waals surface area contributed by atoms with Crippen molar-refractivity contribution in [3.05, 3.63) is 65.5 Å². The zero-order valence-corrected chi connectivity index (χ0v) is 13.6. The van der Waals surface area contributed by atoms with Gasteiger partial charge in [-0.2, -0.15) is 4.31 Å². The van der Waals surface area contributed by atoms with E-state index in [0.29, 0.717) is 18.8 Å². The summed E-state index contributed by atoms with van der Waals surface area (Å²) in [4.78, 5) is 0.110. The second-order valence-corrected chi connectivity index (χ2v) is 7.42. The van der Waals surface area contributed by atoms with Crippen molar-refractivity contribution in [2.24, 2.45) is 0 Å². The zero-order valence-electron chi connectivity index (χ0n) is 12.8. The molecular weight excluding hydrogens is 317 g/mol. The van der Waals surface area contributed by atoms with E-state index in [4.69, 9.17) is 4.74 Å². The second kappa shape index (κ2) is 6.39. The first-order valence-electron chi connectivity index (χ1n) is 7.41. The van der Waals surface area contributed by atoms with Crippen molar-refractivity contribution >= 4 is 10.0 Å². The van der Waals surface area contributed by atoms with Crippen molar-refractivity contribution in [1.82, 2.24) is 4.31 Å². The minimum Gasteiger partial charge on any atom is -0.378 e. The normalized spacial score (nSPS) is 19.7. The van der Waals surface area contributed by atoms with Crippen LogP contribution in [0.25, 0.3) is 0 Å². The summed E-state index contributed by atoms with van der Waals surface area (Å²) in [5.74, 6) is -0.412. The largest absolute Gasteiger partial charge is 0.378 e. The van der Waals surface area contributed by atoms with Gasteiger partial charge in [0.05, 0.1) is 24.2 Å². The van der Waals surface area contributed by atoms with Gasteiger partial charge in [-0.05, 0) is 36.2 Å². The van der Waals surface area contributed by atoms with Crippen LogP contribution in [0.1, 0.15) is 17.2 Å². The first-order valence-corrected chi connectivity index (χ1v) is 8.85. The van der Waals surface area contributed by atoms with E-state index >= 15 is 0 Å². The Morgan fingerprint density at radius 2 is 1.91 bits per heavy atom. The molecule has 3 rings (SSSR count). The Morgan fingerprint density at radius 1 is 1.17 bits per heavy atom. The van der Waals surface area contributed by atoms with E-state index in [1.807, 2.05) is 30.3 Å². The molecule has 0 bridgehead atoms. The fraction of sp³-hybridized carbons (Fsp3) is 0.294. The summed E-state index contributed by atoms with van der Waals surface area (Å²) in [5.41, 5.74) is 1.20. The molecule has 1 unspecified atom stereocenters. The third-order valence-corrected chi connectivity index (χ3v) is 5.90. The zero-order chi connectivity index (χ0) is 16.4. The van der Waals surface area contributed by atoms with Crippen LogP contribution in [-0.4, -0.2) is 32.5 Å². The van der Waals surface area contributed by atoms with Crippen molar-refractivity contribution in [3.8, 4) is 0 Å². The molecule has 1 fully saturated rings. The van der Waals surface area contributed by atoms with E-state index in [1.54, 1.807) is 6.92 Å². The SMILES string of the molecule is Cc1cc(S(=O)(=O)N2CCOCC2c2ccccc2)ccc1F. The molecule has 1 aliphatic heterocycles. The Labute approximate surface area is 135 Å². The quantitative estimate of drug-likeness (QED) is 0.866. The number of halogens is 1. The highest BCUT2D eigenvalue weighted by Crippen LogP contribution is 2.30. The van der Waals surface area contributed by atoms with E-state index in [1.165, 1.54) is 22.5 Å². The molecule has 0 spiro atoms. The molecule has 0 amide bonds. The topological polar surface area (TPSA) is 46.6 Å². The molecule has 0 aromatic heterocycles. The lowest BCUT2D eigenvalue weighted by Crippen LogP contribution is -2.43. The predicted molar refractivity (Wildman–Crippen MR) is 85.0 cm³/mol. The Morgan fingerprint density at radius 3 is 2.61 bits per heavy atom. The number of hydrogen-bond acceptors (Lipinski definition) is 3. The van der Waals surface area contributed by atoms with E-state index in [2.05, 4.69) is 0 Å². The molecule has 4 nitrogen and oxygen atoms in total. The van der Waals surface area contributed by atoms with Crippen molar-refractivity contribution in [3.63, 3.8) is 0 Å². The summed E-state index contributed by atoms with van der Waals surface area (Å²) < 4.78 is 46.3. The van der Waals surface area contributed by atoms with Gasteiger partial charge < -0.3 is 4.74 Å². The number of rotatable bonds is 3. The number of ether oxygens (including phenoxy) is 1. The van der Waals surface area contributed by atoms with Crippen LogP contribution < -0.4 is 0 Å². The molecule has 23 heavy (non-hydrogen) atoms. The highest BCUT2D eigenvalue weighted by atomic mass is 32.2. The van der Waals surface area contributed by atoms with Crippen LogP contribution in [0, 0.1) is 12.7 Å². The average molecular weight is 335 g/mol. The Hall–Kier alpha value is -1.76. The maximum Gasteiger partial charge on any atom is 0.243 e. The monoisotopic (exact) mass is 335 g/mol. The fourth-order valence-corrected chi connectivity index (χ4v) is 4.40. The van der Waals surface area contributed by atoms with Gasteiger partial charge in [0.25, 0.3) is 0 Å². The van der Waals surface area contributed by atoms with Crippen LogP contribution in [-0.2, 0) is 14.8 Å². The van der Waals surface area contributed by atoms with Gasteiger partial charge in [-0.1, -0.05) is 30.3 Å². The molecule has 1 atom stereocenters. The van der Waals surface area contributed by atoms with Crippen LogP contribution in [0.2, 0.25) is 0 Å². The van der Waals surface area contributed by atoms with Gasteiger partial charge >= 0.3 is 0 Å². The summed E-state index contributed by atoms with van der Waals surface area (Å²) in [5, 5.41) is 0. The molecule has 0 radical (unpaired) electrons. The molecule has 1 heterocycles. The van der Waals surface area contributed by atoms with E-state index < -0.39 is 15.8 Å². The van der Waals surface area contributed by atoms with Crippen LogP contribution in [0.4, 0.5) is 4.39 Å². The van der Waals surface area contributed by atoms with Gasteiger partial charge in [0.2, 0.25) is 10.0 Å². The van der Waals surface area contributed by atoms with Crippen LogP contribution in [0.5, 0.6) is 0 Å². The summed E-state index contributed by atoms with van der Waals surface area (Å²) in [6.45, 7) is 2.49. The standard InChI is InChI=1S/C17H18FNO3S/c1-13-11-15(7-8-16(13)18)23(20,21)19-9-10-22-12-17(19)14-5-3-2-4-6-14/h2-8,11,17H,9-10,12H2,1H3. The lowest BCUT2D eigenvalue weighted by atomic mass is 10.1. The van der Waals surface area contributed by atoms with E-state index in [9.17, 15) is 12.8 Å². The highest BCUT2D eigenvalue weighted by molar-refractivity contribution is 7.89. The van der Waals surface area contributed by atoms with E-state index in [-0.39, 0.29) is 17.5 Å². The minimum atomic E-state index is -3.71. The summed E-state index contributed by atoms with van der Waals surface area (Å²) in [6.07, 6.45) is 0. The number of sulfonamides is 1. The lowest BCUT2D eigenvalue weighted by Gasteiger charge is -2.34. The summed E-state index contributed by atoms with van der Waals surface area (Å²) >= 11 is 0. The van der Waals surface area contributed by atoms with Crippen LogP contribution in [0.15, 0.2) is 53.4 Å². The van der Waals surface area contributed by atoms with Crippen LogP contribution >= 0.6 is 0 Å². The Bertz CT molecular complexity index is 793. The van der Waals surface area contributed by atoms with Gasteiger partial charge in [-0.25, -0.2) is 12.8 Å². The fourth-order valence-electron chi connectivity index (χ4n) is 2.73. The molecule has 0 aliphatic carbocycles. The van der Waals surface area contributed by atoms with Gasteiger partial charge in [-0.15, -0.1) is 0 Å². The van der Waals surface area contributed by atoms with Gasteiger partial charge in [-0.3, -0.25) is 0 Å². The third-order valence-electron chi connectivity index (χ3n) is 4.00. The van der Waals surface area contributed by atoms with Crippen molar-refractivity contribution in [2.45, 2.75) is 17.9 Å². The highest BCUT2D eigenvalue weighted by Gasteiger charge is 2.35. The van der Waals surface area contributed by atoms with Crippen molar-refractivity contribution in [2.75, 3.05) is 19.8 Å². The van der Waals surface area contributed by atoms with Gasteiger partial charge in [0.1, 0.15) is 5.82 Å². The first kappa shape index (κ1) is 16.1. The molecule has 122 valence electrons. The molecule has 2 aromatic rings. The van der Waals surface area contributed by atoms with E-state index in [0.717, 1.165) is 5.56 Å². The third kappa shape index (κ3) is 3.15. The predicted octanol–water partition coefficient (Wildman–Crippen LogP) is 2.90. The Balaban J connectivity index is 2.00. The number of aryl methyl sites for hydroxylation is 1. The molecular formula is C17H18FNO3S. The molecule has 2 aromatic carbocycles. The van der Waals surface area contributed by atoms with Crippen LogP contribution in [0.3, 0.4) is 0 Å². The second-order valence-electron chi connectivity index (χ2n) is 5.53. The molecule has 1 saturated heterocycles. The molecule has 6 heteroatoms. The first-order chi connectivity index (χ1) is 11.0. The average Bonchev–Trinajstić information content (AvgIpc) is 2.58. The molecule has 1 aliphatic rings. The van der Waals surface area contributed by atoms with Gasteiger partial charge in [0, 0.05) is 6.54 Å². The number of benzene rings is 2. The Kier molecular flexibility index (Phi) is 4.48. The number of hydrogen-bond donors (Lipinski definition) is 0. The maximum atomic E-state index is 13.4.